The Balaban J connectivity index is 2.15. The first-order valence-electron chi connectivity index (χ1n) is 7.08. The number of nitrogens with zero attached hydrogens (tertiary/aromatic N) is 1. The number of rotatable bonds is 7. The van der Waals surface area contributed by atoms with Crippen LogP contribution in [0, 0.1) is 6.92 Å². The predicted octanol–water partition coefficient (Wildman–Crippen LogP) is 4.04. The van der Waals surface area contributed by atoms with Gasteiger partial charge in [0.1, 0.15) is 0 Å². The van der Waals surface area contributed by atoms with Crippen LogP contribution in [0.3, 0.4) is 0 Å². The Kier molecular flexibility index (Phi) is 5.54. The number of fused-ring (bicyclic) bond motifs is 1. The molecule has 2 aromatic heterocycles. The maximum Gasteiger partial charge on any atom is 0.216 e. The van der Waals surface area contributed by atoms with Crippen LogP contribution in [0.5, 0.6) is 0 Å². The summed E-state index contributed by atoms with van der Waals surface area (Å²) in [6, 6.07) is 2.22. The van der Waals surface area contributed by atoms with E-state index in [-0.39, 0.29) is 5.91 Å². The van der Waals surface area contributed by atoms with E-state index < -0.39 is 0 Å². The van der Waals surface area contributed by atoms with Crippen molar-refractivity contribution >= 4 is 39.1 Å². The Morgan fingerprint density at radius 3 is 3.00 bits per heavy atom. The highest BCUT2D eigenvalue weighted by Crippen LogP contribution is 2.36. The fourth-order valence-corrected chi connectivity index (χ4v) is 4.38. The summed E-state index contributed by atoms with van der Waals surface area (Å²) < 4.78 is 3.85. The SMILES string of the molecule is CCCCn1c(SCCNC(C)=O)c2ccsc2c1C. The number of amides is 1. The van der Waals surface area contributed by atoms with Crippen molar-refractivity contribution in [3.05, 3.63) is 17.1 Å². The van der Waals surface area contributed by atoms with Crippen molar-refractivity contribution in [2.45, 2.75) is 45.2 Å². The quantitative estimate of drug-likeness (QED) is 0.618. The molecule has 110 valence electrons. The Morgan fingerprint density at radius 1 is 1.50 bits per heavy atom. The van der Waals surface area contributed by atoms with Crippen molar-refractivity contribution in [2.24, 2.45) is 0 Å². The third-order valence-corrected chi connectivity index (χ3v) is 5.47. The minimum Gasteiger partial charge on any atom is -0.356 e. The van der Waals surface area contributed by atoms with Crippen LogP contribution in [0.1, 0.15) is 32.4 Å². The molecule has 0 spiro atoms. The number of hydrogen-bond acceptors (Lipinski definition) is 3. The number of nitrogens with one attached hydrogen (secondary N) is 1. The third kappa shape index (κ3) is 3.38. The molecule has 0 aliphatic carbocycles. The molecule has 2 rings (SSSR count). The number of hydrogen-bond donors (Lipinski definition) is 1. The van der Waals surface area contributed by atoms with Crippen molar-refractivity contribution < 1.29 is 4.79 Å². The first-order chi connectivity index (χ1) is 9.65. The lowest BCUT2D eigenvalue weighted by atomic mass is 10.3. The van der Waals surface area contributed by atoms with Gasteiger partial charge in [-0.2, -0.15) is 0 Å². The van der Waals surface area contributed by atoms with E-state index in [1.807, 2.05) is 23.1 Å². The zero-order valence-corrected chi connectivity index (χ0v) is 14.0. The van der Waals surface area contributed by atoms with Crippen molar-refractivity contribution in [3.8, 4) is 0 Å². The molecule has 1 amide bonds. The van der Waals surface area contributed by atoms with E-state index in [4.69, 9.17) is 0 Å². The number of aryl methyl sites for hydroxylation is 1. The van der Waals surface area contributed by atoms with E-state index in [2.05, 4.69) is 35.2 Å². The molecule has 0 aliphatic heterocycles. The molecular weight excluding hydrogens is 288 g/mol. The van der Waals surface area contributed by atoms with Gasteiger partial charge in [0, 0.05) is 36.8 Å². The number of carbonyl (C=O) groups excluding carboxylic acids is 1. The van der Waals surface area contributed by atoms with Gasteiger partial charge in [0.2, 0.25) is 5.91 Å². The largest absolute Gasteiger partial charge is 0.356 e. The highest BCUT2D eigenvalue weighted by molar-refractivity contribution is 7.99. The van der Waals surface area contributed by atoms with Gasteiger partial charge in [0.25, 0.3) is 0 Å². The Labute approximate surface area is 128 Å². The third-order valence-electron chi connectivity index (χ3n) is 3.32. The summed E-state index contributed by atoms with van der Waals surface area (Å²) in [4.78, 5) is 10.9. The first-order valence-corrected chi connectivity index (χ1v) is 8.95. The summed E-state index contributed by atoms with van der Waals surface area (Å²) in [5, 5.41) is 7.76. The summed E-state index contributed by atoms with van der Waals surface area (Å²) in [5.41, 5.74) is 1.38. The van der Waals surface area contributed by atoms with Crippen LogP contribution in [0.4, 0.5) is 0 Å². The van der Waals surface area contributed by atoms with Crippen LogP contribution in [0.2, 0.25) is 0 Å². The van der Waals surface area contributed by atoms with Crippen LogP contribution in [-0.4, -0.2) is 22.8 Å². The van der Waals surface area contributed by atoms with Gasteiger partial charge in [0.05, 0.1) is 9.73 Å². The molecule has 2 heterocycles. The molecule has 0 aromatic carbocycles. The molecule has 0 saturated heterocycles. The molecule has 0 fully saturated rings. The Bertz CT molecular complexity index is 586. The highest BCUT2D eigenvalue weighted by Gasteiger charge is 2.15. The van der Waals surface area contributed by atoms with E-state index >= 15 is 0 Å². The summed E-state index contributed by atoms with van der Waals surface area (Å²) >= 11 is 3.67. The van der Waals surface area contributed by atoms with E-state index in [1.54, 1.807) is 6.92 Å². The first kappa shape index (κ1) is 15.4. The lowest BCUT2D eigenvalue weighted by Gasteiger charge is -2.11. The zero-order valence-electron chi connectivity index (χ0n) is 12.4. The average Bonchev–Trinajstić information content (AvgIpc) is 2.97. The van der Waals surface area contributed by atoms with E-state index in [1.165, 1.54) is 33.6 Å². The van der Waals surface area contributed by atoms with Crippen LogP contribution >= 0.6 is 23.1 Å². The molecule has 0 atom stereocenters. The van der Waals surface area contributed by atoms with E-state index in [0.29, 0.717) is 0 Å². The van der Waals surface area contributed by atoms with Gasteiger partial charge < -0.3 is 9.88 Å². The molecule has 0 unspecified atom stereocenters. The number of aromatic nitrogens is 1. The number of carbonyl (C=O) groups is 1. The lowest BCUT2D eigenvalue weighted by Crippen LogP contribution is -2.22. The average molecular weight is 310 g/mol. The maximum atomic E-state index is 10.9. The van der Waals surface area contributed by atoms with Crippen molar-refractivity contribution in [2.75, 3.05) is 12.3 Å². The summed E-state index contributed by atoms with van der Waals surface area (Å²) in [6.07, 6.45) is 2.42. The van der Waals surface area contributed by atoms with Gasteiger partial charge >= 0.3 is 0 Å². The fraction of sp³-hybridized carbons (Fsp3) is 0.533. The van der Waals surface area contributed by atoms with Crippen LogP contribution in [0.25, 0.3) is 10.1 Å². The van der Waals surface area contributed by atoms with Gasteiger partial charge in [0.15, 0.2) is 0 Å². The van der Waals surface area contributed by atoms with Crippen molar-refractivity contribution in [1.29, 1.82) is 0 Å². The molecule has 0 saturated carbocycles. The van der Waals surface area contributed by atoms with Gasteiger partial charge in [-0.1, -0.05) is 13.3 Å². The summed E-state index contributed by atoms with van der Waals surface area (Å²) in [6.45, 7) is 7.82. The van der Waals surface area contributed by atoms with Crippen LogP contribution in [-0.2, 0) is 11.3 Å². The number of thioether (sulfide) groups is 1. The van der Waals surface area contributed by atoms with Crippen molar-refractivity contribution in [1.82, 2.24) is 9.88 Å². The molecule has 0 radical (unpaired) electrons. The topological polar surface area (TPSA) is 34.0 Å². The smallest absolute Gasteiger partial charge is 0.216 e. The molecule has 3 nitrogen and oxygen atoms in total. The number of thiophene rings is 1. The van der Waals surface area contributed by atoms with Gasteiger partial charge in [-0.3, -0.25) is 4.79 Å². The van der Waals surface area contributed by atoms with Gasteiger partial charge in [-0.15, -0.1) is 23.1 Å². The van der Waals surface area contributed by atoms with Gasteiger partial charge in [-0.25, -0.2) is 0 Å². The second-order valence-electron chi connectivity index (χ2n) is 4.89. The maximum absolute atomic E-state index is 10.9. The second-order valence-corrected chi connectivity index (χ2v) is 6.89. The molecule has 0 bridgehead atoms. The minimum absolute atomic E-state index is 0.0452. The molecule has 20 heavy (non-hydrogen) atoms. The monoisotopic (exact) mass is 310 g/mol. The van der Waals surface area contributed by atoms with E-state index in [9.17, 15) is 4.79 Å². The minimum atomic E-state index is 0.0452. The lowest BCUT2D eigenvalue weighted by molar-refractivity contribution is -0.118. The fourth-order valence-electron chi connectivity index (χ4n) is 2.29. The molecule has 1 N–H and O–H groups in total. The van der Waals surface area contributed by atoms with E-state index in [0.717, 1.165) is 18.8 Å². The second kappa shape index (κ2) is 7.18. The molecule has 2 aromatic rings. The Morgan fingerprint density at radius 2 is 2.30 bits per heavy atom. The van der Waals surface area contributed by atoms with Gasteiger partial charge in [-0.05, 0) is 24.8 Å². The Hall–Kier alpha value is -0.940. The van der Waals surface area contributed by atoms with Crippen molar-refractivity contribution in [3.63, 3.8) is 0 Å². The molecule has 5 heteroatoms. The van der Waals surface area contributed by atoms with Crippen LogP contribution < -0.4 is 5.32 Å². The summed E-state index contributed by atoms with van der Waals surface area (Å²) in [5.74, 6) is 0.962. The standard InChI is InChI=1S/C15H22N2OS2/c1-4-5-8-17-11(2)14-13(6-9-19-14)15(17)20-10-7-16-12(3)18/h6,9H,4-5,7-8,10H2,1-3H3,(H,16,18). The highest BCUT2D eigenvalue weighted by atomic mass is 32.2. The molecular formula is C15H22N2OS2. The normalized spacial score (nSPS) is 11.2. The number of unbranched alkanes of at least 4 members (excludes halogenated alkanes) is 1. The van der Waals surface area contributed by atoms with Crippen LogP contribution in [0.15, 0.2) is 16.5 Å². The summed E-state index contributed by atoms with van der Waals surface area (Å²) in [7, 11) is 0. The predicted molar refractivity (Wildman–Crippen MR) is 88.9 cm³/mol. The molecule has 0 aliphatic rings. The zero-order chi connectivity index (χ0) is 14.5.